The largest absolute Gasteiger partial charge is 0.493 e. The predicted octanol–water partition coefficient (Wildman–Crippen LogP) is 1.59. The van der Waals surface area contributed by atoms with Crippen molar-refractivity contribution in [3.63, 3.8) is 0 Å². The Balaban J connectivity index is 1.97. The number of hydrogen-bond acceptors (Lipinski definition) is 7. The monoisotopic (exact) mass is 329 g/mol. The van der Waals surface area contributed by atoms with Crippen molar-refractivity contribution in [1.82, 2.24) is 14.9 Å². The number of ether oxygens (including phenoxy) is 2. The lowest BCUT2D eigenvalue weighted by molar-refractivity contribution is 0.356. The van der Waals surface area contributed by atoms with Crippen molar-refractivity contribution in [3.8, 4) is 11.5 Å². The highest BCUT2D eigenvalue weighted by Gasteiger charge is 2.18. The SMILES string of the molecule is COc1cc2ncnc(N3CCCN(C=CN)CC3)c2cc1OC. The van der Waals surface area contributed by atoms with Gasteiger partial charge in [-0.05, 0) is 12.5 Å². The quantitative estimate of drug-likeness (QED) is 0.912. The molecular weight excluding hydrogens is 306 g/mol. The Bertz CT molecular complexity index is 734. The normalized spacial score (nSPS) is 15.8. The van der Waals surface area contributed by atoms with Crippen LogP contribution in [0.5, 0.6) is 11.5 Å². The molecule has 7 heteroatoms. The van der Waals surface area contributed by atoms with Crippen molar-refractivity contribution in [3.05, 3.63) is 30.9 Å². The first kappa shape index (κ1) is 16.2. The second kappa shape index (κ2) is 7.25. The van der Waals surface area contributed by atoms with Crippen LogP contribution in [0, 0.1) is 0 Å². The molecule has 1 saturated heterocycles. The van der Waals surface area contributed by atoms with Crippen LogP contribution in [0.3, 0.4) is 0 Å². The third-order valence-electron chi connectivity index (χ3n) is 4.25. The highest BCUT2D eigenvalue weighted by atomic mass is 16.5. The van der Waals surface area contributed by atoms with Gasteiger partial charge in [0.2, 0.25) is 0 Å². The van der Waals surface area contributed by atoms with Crippen molar-refractivity contribution in [1.29, 1.82) is 0 Å². The number of hydrogen-bond donors (Lipinski definition) is 1. The van der Waals surface area contributed by atoms with Gasteiger partial charge in [0, 0.05) is 50.0 Å². The van der Waals surface area contributed by atoms with Crippen LogP contribution >= 0.6 is 0 Å². The Morgan fingerprint density at radius 2 is 1.83 bits per heavy atom. The maximum absolute atomic E-state index is 5.51. The molecule has 0 saturated carbocycles. The topological polar surface area (TPSA) is 76.7 Å². The van der Waals surface area contributed by atoms with Crippen LogP contribution < -0.4 is 20.1 Å². The van der Waals surface area contributed by atoms with E-state index in [2.05, 4.69) is 19.8 Å². The fraction of sp³-hybridized carbons (Fsp3) is 0.412. The van der Waals surface area contributed by atoms with E-state index < -0.39 is 0 Å². The maximum atomic E-state index is 5.51. The summed E-state index contributed by atoms with van der Waals surface area (Å²) in [6.07, 6.45) is 6.18. The van der Waals surface area contributed by atoms with Gasteiger partial charge in [-0.1, -0.05) is 0 Å². The number of rotatable bonds is 4. The van der Waals surface area contributed by atoms with Crippen molar-refractivity contribution >= 4 is 16.7 Å². The van der Waals surface area contributed by atoms with E-state index >= 15 is 0 Å². The van der Waals surface area contributed by atoms with Gasteiger partial charge in [0.15, 0.2) is 11.5 Å². The van der Waals surface area contributed by atoms with E-state index in [1.165, 1.54) is 0 Å². The van der Waals surface area contributed by atoms with Gasteiger partial charge in [-0.25, -0.2) is 9.97 Å². The number of nitrogens with two attached hydrogens (primary N) is 1. The number of aromatic nitrogens is 2. The number of methoxy groups -OCH3 is 2. The summed E-state index contributed by atoms with van der Waals surface area (Å²) in [5.41, 5.74) is 6.36. The molecule has 0 amide bonds. The van der Waals surface area contributed by atoms with E-state index in [4.69, 9.17) is 15.2 Å². The molecular formula is C17H23N5O2. The molecule has 2 N–H and O–H groups in total. The lowest BCUT2D eigenvalue weighted by Gasteiger charge is -2.23. The third-order valence-corrected chi connectivity index (χ3v) is 4.25. The second-order valence-electron chi connectivity index (χ2n) is 5.64. The molecule has 24 heavy (non-hydrogen) atoms. The van der Waals surface area contributed by atoms with Crippen LogP contribution in [0.25, 0.3) is 10.9 Å². The van der Waals surface area contributed by atoms with Gasteiger partial charge >= 0.3 is 0 Å². The first-order chi connectivity index (χ1) is 11.8. The molecule has 0 spiro atoms. The molecule has 2 aromatic rings. The molecule has 3 rings (SSSR count). The number of anilines is 1. The summed E-state index contributed by atoms with van der Waals surface area (Å²) in [6, 6.07) is 3.84. The molecule has 1 fully saturated rings. The van der Waals surface area contributed by atoms with Gasteiger partial charge in [-0.3, -0.25) is 0 Å². The number of nitrogens with zero attached hydrogens (tertiary/aromatic N) is 4. The average Bonchev–Trinajstić information content (AvgIpc) is 2.86. The zero-order valence-corrected chi connectivity index (χ0v) is 14.1. The minimum absolute atomic E-state index is 0.671. The zero-order valence-electron chi connectivity index (χ0n) is 14.1. The standard InChI is InChI=1S/C17H23N5O2/c1-23-15-10-13-14(11-16(15)24-2)19-12-20-17(13)22-6-3-5-21(7-4-18)8-9-22/h4,7,10-12H,3,5-6,8-9,18H2,1-2H3. The molecule has 7 nitrogen and oxygen atoms in total. The molecule has 0 radical (unpaired) electrons. The highest BCUT2D eigenvalue weighted by molar-refractivity contribution is 5.92. The van der Waals surface area contributed by atoms with E-state index in [0.29, 0.717) is 11.5 Å². The Morgan fingerprint density at radius 3 is 2.58 bits per heavy atom. The van der Waals surface area contributed by atoms with Gasteiger partial charge in [0.1, 0.15) is 12.1 Å². The zero-order chi connectivity index (χ0) is 16.9. The van der Waals surface area contributed by atoms with E-state index in [1.54, 1.807) is 26.7 Å². The summed E-state index contributed by atoms with van der Waals surface area (Å²) in [7, 11) is 3.26. The average molecular weight is 329 g/mol. The molecule has 0 aliphatic carbocycles. The Hall–Kier alpha value is -2.70. The van der Waals surface area contributed by atoms with Crippen LogP contribution in [0.1, 0.15) is 6.42 Å². The van der Waals surface area contributed by atoms with Gasteiger partial charge in [0.25, 0.3) is 0 Å². The number of fused-ring (bicyclic) bond motifs is 1. The van der Waals surface area contributed by atoms with Crippen molar-refractivity contribution in [2.75, 3.05) is 45.3 Å². The summed E-state index contributed by atoms with van der Waals surface area (Å²) < 4.78 is 10.8. The lowest BCUT2D eigenvalue weighted by Crippen LogP contribution is -2.29. The molecule has 1 aliphatic rings. The van der Waals surface area contributed by atoms with E-state index in [0.717, 1.165) is 49.3 Å². The Morgan fingerprint density at radius 1 is 1.04 bits per heavy atom. The van der Waals surface area contributed by atoms with Crippen molar-refractivity contribution in [2.45, 2.75) is 6.42 Å². The maximum Gasteiger partial charge on any atom is 0.162 e. The first-order valence-electron chi connectivity index (χ1n) is 8.01. The van der Waals surface area contributed by atoms with Gasteiger partial charge in [-0.2, -0.15) is 0 Å². The van der Waals surface area contributed by atoms with Gasteiger partial charge < -0.3 is 25.0 Å². The molecule has 0 bridgehead atoms. The second-order valence-corrected chi connectivity index (χ2v) is 5.64. The first-order valence-corrected chi connectivity index (χ1v) is 8.01. The summed E-state index contributed by atoms with van der Waals surface area (Å²) in [4.78, 5) is 13.4. The molecule has 0 unspecified atom stereocenters. The summed E-state index contributed by atoms with van der Waals surface area (Å²) in [5, 5.41) is 0.970. The molecule has 0 atom stereocenters. The van der Waals surface area contributed by atoms with Gasteiger partial charge in [0.05, 0.1) is 19.7 Å². The highest BCUT2D eigenvalue weighted by Crippen LogP contribution is 2.34. The summed E-state index contributed by atoms with van der Waals surface area (Å²) in [5.74, 6) is 2.29. The molecule has 128 valence electrons. The molecule has 1 aromatic carbocycles. The third kappa shape index (κ3) is 3.15. The van der Waals surface area contributed by atoms with Crippen molar-refractivity contribution < 1.29 is 9.47 Å². The predicted molar refractivity (Wildman–Crippen MR) is 94.4 cm³/mol. The van der Waals surface area contributed by atoms with E-state index in [1.807, 2.05) is 18.3 Å². The van der Waals surface area contributed by atoms with E-state index in [-0.39, 0.29) is 0 Å². The smallest absolute Gasteiger partial charge is 0.162 e. The lowest BCUT2D eigenvalue weighted by atomic mass is 10.2. The van der Waals surface area contributed by atoms with Crippen LogP contribution in [0.15, 0.2) is 30.9 Å². The Labute approximate surface area is 141 Å². The van der Waals surface area contributed by atoms with Crippen LogP contribution in [0.4, 0.5) is 5.82 Å². The fourth-order valence-electron chi connectivity index (χ4n) is 3.04. The molecule has 1 aliphatic heterocycles. The van der Waals surface area contributed by atoms with E-state index in [9.17, 15) is 0 Å². The van der Waals surface area contributed by atoms with Crippen LogP contribution in [-0.2, 0) is 0 Å². The van der Waals surface area contributed by atoms with Crippen molar-refractivity contribution in [2.24, 2.45) is 5.73 Å². The minimum Gasteiger partial charge on any atom is -0.493 e. The number of benzene rings is 1. The molecule has 2 heterocycles. The van der Waals surface area contributed by atoms with Crippen LogP contribution in [0.2, 0.25) is 0 Å². The minimum atomic E-state index is 0.671. The fourth-order valence-corrected chi connectivity index (χ4v) is 3.04. The Kier molecular flexibility index (Phi) is 4.88. The molecule has 1 aromatic heterocycles. The van der Waals surface area contributed by atoms with Gasteiger partial charge in [-0.15, -0.1) is 0 Å². The summed E-state index contributed by atoms with van der Waals surface area (Å²) >= 11 is 0. The van der Waals surface area contributed by atoms with Crippen LogP contribution in [-0.4, -0.2) is 55.3 Å². The summed E-state index contributed by atoms with van der Waals surface area (Å²) in [6.45, 7) is 3.72.